The van der Waals surface area contributed by atoms with Crippen molar-refractivity contribution >= 4 is 17.2 Å². The second-order valence-corrected chi connectivity index (χ2v) is 7.72. The van der Waals surface area contributed by atoms with Gasteiger partial charge in [-0.25, -0.2) is 0 Å². The molecule has 0 N–H and O–H groups in total. The lowest BCUT2D eigenvalue weighted by Gasteiger charge is -2.31. The predicted octanol–water partition coefficient (Wildman–Crippen LogP) is 2.67. The molecule has 1 atom stereocenters. The summed E-state index contributed by atoms with van der Waals surface area (Å²) < 4.78 is 7.47. The standard InChI is InChI=1S/C18H23N3O2S/c1-23-11-16-9-20(17(22)6-14-4-5-24-12-14)8-15-10-21(19-18(15)16)7-13-2-3-13/h4-5,10,12-13,16H,2-3,6-9,11H2,1H3/t16-/m1/s1. The summed E-state index contributed by atoms with van der Waals surface area (Å²) >= 11 is 1.64. The molecule has 0 aromatic carbocycles. The highest BCUT2D eigenvalue weighted by atomic mass is 32.1. The van der Waals surface area contributed by atoms with E-state index in [1.165, 1.54) is 18.4 Å². The number of amides is 1. The maximum Gasteiger partial charge on any atom is 0.227 e. The molecule has 0 unspecified atom stereocenters. The van der Waals surface area contributed by atoms with Crippen LogP contribution in [-0.2, 0) is 29.0 Å². The quantitative estimate of drug-likeness (QED) is 0.809. The number of nitrogens with zero attached hydrogens (tertiary/aromatic N) is 3. The lowest BCUT2D eigenvalue weighted by molar-refractivity contribution is -0.132. The lowest BCUT2D eigenvalue weighted by atomic mass is 9.97. The number of carbonyl (C=O) groups is 1. The number of fused-ring (bicyclic) bond motifs is 1. The Morgan fingerprint density at radius 2 is 2.33 bits per heavy atom. The van der Waals surface area contributed by atoms with Crippen molar-refractivity contribution in [1.82, 2.24) is 14.7 Å². The fourth-order valence-corrected chi connectivity index (χ4v) is 4.10. The van der Waals surface area contributed by atoms with Gasteiger partial charge in [0.05, 0.1) is 18.7 Å². The molecule has 1 aliphatic heterocycles. The Morgan fingerprint density at radius 3 is 3.04 bits per heavy atom. The minimum atomic E-state index is 0.172. The molecule has 4 rings (SSSR count). The highest BCUT2D eigenvalue weighted by Crippen LogP contribution is 2.32. The van der Waals surface area contributed by atoms with E-state index < -0.39 is 0 Å². The minimum absolute atomic E-state index is 0.172. The third-order valence-electron chi connectivity index (χ3n) is 4.86. The topological polar surface area (TPSA) is 47.4 Å². The first-order chi connectivity index (χ1) is 11.7. The highest BCUT2D eigenvalue weighted by molar-refractivity contribution is 7.07. The van der Waals surface area contributed by atoms with Crippen LogP contribution >= 0.6 is 11.3 Å². The molecule has 2 aliphatic rings. The van der Waals surface area contributed by atoms with Gasteiger partial charge in [-0.3, -0.25) is 9.48 Å². The number of thiophene rings is 1. The molecule has 5 nitrogen and oxygen atoms in total. The van der Waals surface area contributed by atoms with Crippen LogP contribution in [-0.4, -0.2) is 40.8 Å². The molecule has 2 aromatic heterocycles. The fourth-order valence-electron chi connectivity index (χ4n) is 3.43. The van der Waals surface area contributed by atoms with Crippen LogP contribution in [0.25, 0.3) is 0 Å². The minimum Gasteiger partial charge on any atom is -0.384 e. The number of aromatic nitrogens is 2. The first kappa shape index (κ1) is 15.8. The number of ether oxygens (including phenoxy) is 1. The van der Waals surface area contributed by atoms with Crippen molar-refractivity contribution in [3.63, 3.8) is 0 Å². The zero-order valence-corrected chi connectivity index (χ0v) is 14.8. The highest BCUT2D eigenvalue weighted by Gasteiger charge is 2.32. The zero-order chi connectivity index (χ0) is 16.5. The number of hydrogen-bond acceptors (Lipinski definition) is 4. The smallest absolute Gasteiger partial charge is 0.227 e. The van der Waals surface area contributed by atoms with Crippen LogP contribution in [0.1, 0.15) is 35.6 Å². The molecule has 1 fully saturated rings. The van der Waals surface area contributed by atoms with E-state index in [4.69, 9.17) is 9.84 Å². The Bertz CT molecular complexity index is 706. The summed E-state index contributed by atoms with van der Waals surface area (Å²) in [6.45, 7) is 2.98. The van der Waals surface area contributed by atoms with Crippen LogP contribution in [0, 0.1) is 5.92 Å². The molecule has 0 saturated heterocycles. The lowest BCUT2D eigenvalue weighted by Crippen LogP contribution is -2.40. The van der Waals surface area contributed by atoms with Crippen molar-refractivity contribution in [2.24, 2.45) is 5.92 Å². The van der Waals surface area contributed by atoms with Crippen LogP contribution in [0.2, 0.25) is 0 Å². The zero-order valence-electron chi connectivity index (χ0n) is 14.0. The molecule has 1 amide bonds. The van der Waals surface area contributed by atoms with E-state index in [1.807, 2.05) is 21.7 Å². The third kappa shape index (κ3) is 3.39. The SMILES string of the molecule is COC[C@H]1CN(C(=O)Cc2ccsc2)Cc2cn(CC3CC3)nc21. The Morgan fingerprint density at radius 1 is 1.46 bits per heavy atom. The van der Waals surface area contributed by atoms with Gasteiger partial charge in [-0.15, -0.1) is 0 Å². The fraction of sp³-hybridized carbons (Fsp3) is 0.556. The van der Waals surface area contributed by atoms with Crippen LogP contribution in [0.5, 0.6) is 0 Å². The molecule has 1 aliphatic carbocycles. The van der Waals surface area contributed by atoms with Crippen LogP contribution < -0.4 is 0 Å². The Kier molecular flexibility index (Phi) is 4.41. The van der Waals surface area contributed by atoms with Gasteiger partial charge in [0.15, 0.2) is 0 Å². The van der Waals surface area contributed by atoms with Gasteiger partial charge in [-0.2, -0.15) is 16.4 Å². The summed E-state index contributed by atoms with van der Waals surface area (Å²) in [5, 5.41) is 8.87. The van der Waals surface area contributed by atoms with Crippen LogP contribution in [0.4, 0.5) is 0 Å². The molecule has 2 aromatic rings. The number of hydrogen-bond donors (Lipinski definition) is 0. The summed E-state index contributed by atoms with van der Waals surface area (Å²) in [6.07, 6.45) is 5.25. The van der Waals surface area contributed by atoms with E-state index in [-0.39, 0.29) is 11.8 Å². The molecule has 6 heteroatoms. The van der Waals surface area contributed by atoms with E-state index in [0.29, 0.717) is 26.1 Å². The molecule has 24 heavy (non-hydrogen) atoms. The summed E-state index contributed by atoms with van der Waals surface area (Å²) in [5.74, 6) is 1.16. The number of carbonyl (C=O) groups excluding carboxylic acids is 1. The van der Waals surface area contributed by atoms with Gasteiger partial charge in [0.2, 0.25) is 5.91 Å². The second kappa shape index (κ2) is 6.69. The molecule has 3 heterocycles. The predicted molar refractivity (Wildman–Crippen MR) is 93.0 cm³/mol. The monoisotopic (exact) mass is 345 g/mol. The molecular formula is C18H23N3O2S. The summed E-state index contributed by atoms with van der Waals surface area (Å²) in [5.41, 5.74) is 3.41. The van der Waals surface area contributed by atoms with Crippen molar-refractivity contribution in [3.05, 3.63) is 39.8 Å². The normalized spacial score (nSPS) is 20.2. The summed E-state index contributed by atoms with van der Waals surface area (Å²) in [6, 6.07) is 2.03. The van der Waals surface area contributed by atoms with Crippen molar-refractivity contribution in [1.29, 1.82) is 0 Å². The molecule has 128 valence electrons. The first-order valence-electron chi connectivity index (χ1n) is 8.57. The van der Waals surface area contributed by atoms with Crippen LogP contribution in [0.3, 0.4) is 0 Å². The van der Waals surface area contributed by atoms with E-state index in [0.717, 1.165) is 23.7 Å². The first-order valence-corrected chi connectivity index (χ1v) is 9.51. The van der Waals surface area contributed by atoms with Crippen molar-refractivity contribution in [2.45, 2.75) is 38.3 Å². The van der Waals surface area contributed by atoms with Crippen molar-refractivity contribution in [3.8, 4) is 0 Å². The second-order valence-electron chi connectivity index (χ2n) is 6.94. The molecule has 1 saturated carbocycles. The number of methoxy groups -OCH3 is 1. The van der Waals surface area contributed by atoms with Gasteiger partial charge in [0.1, 0.15) is 0 Å². The van der Waals surface area contributed by atoms with Crippen molar-refractivity contribution < 1.29 is 9.53 Å². The average molecular weight is 345 g/mol. The van der Waals surface area contributed by atoms with E-state index in [2.05, 4.69) is 10.9 Å². The van der Waals surface area contributed by atoms with Crippen LogP contribution in [0.15, 0.2) is 23.0 Å². The number of rotatable bonds is 6. The van der Waals surface area contributed by atoms with E-state index in [9.17, 15) is 4.79 Å². The van der Waals surface area contributed by atoms with Gasteiger partial charge < -0.3 is 9.64 Å². The van der Waals surface area contributed by atoms with Crippen molar-refractivity contribution in [2.75, 3.05) is 20.3 Å². The Labute approximate surface area is 146 Å². The van der Waals surface area contributed by atoms with Gasteiger partial charge >= 0.3 is 0 Å². The van der Waals surface area contributed by atoms with Gasteiger partial charge in [-0.1, -0.05) is 0 Å². The van der Waals surface area contributed by atoms with Gasteiger partial charge in [0, 0.05) is 44.4 Å². The molecular weight excluding hydrogens is 322 g/mol. The maximum atomic E-state index is 12.7. The van der Waals surface area contributed by atoms with Gasteiger partial charge in [0.25, 0.3) is 0 Å². The third-order valence-corrected chi connectivity index (χ3v) is 5.59. The summed E-state index contributed by atoms with van der Waals surface area (Å²) in [4.78, 5) is 14.6. The maximum absolute atomic E-state index is 12.7. The Hall–Kier alpha value is -1.66. The molecule has 0 radical (unpaired) electrons. The molecule has 0 bridgehead atoms. The average Bonchev–Trinajstić information content (AvgIpc) is 3.06. The van der Waals surface area contributed by atoms with E-state index in [1.54, 1.807) is 18.4 Å². The Balaban J connectivity index is 1.51. The van der Waals surface area contributed by atoms with Gasteiger partial charge in [-0.05, 0) is 41.1 Å². The van der Waals surface area contributed by atoms with E-state index >= 15 is 0 Å². The largest absolute Gasteiger partial charge is 0.384 e. The molecule has 0 spiro atoms. The summed E-state index contributed by atoms with van der Waals surface area (Å²) in [7, 11) is 1.72.